The van der Waals surface area contributed by atoms with Crippen molar-refractivity contribution in [1.29, 1.82) is 0 Å². The fourth-order valence-corrected chi connectivity index (χ4v) is 4.27. The van der Waals surface area contributed by atoms with E-state index >= 15 is 0 Å². The number of pyridine rings is 1. The van der Waals surface area contributed by atoms with E-state index in [1.165, 1.54) is 12.5 Å². The number of nitrogens with zero attached hydrogens (tertiary/aromatic N) is 4. The highest BCUT2D eigenvalue weighted by atomic mass is 32.1. The molecule has 1 aliphatic rings. The lowest BCUT2D eigenvalue weighted by Gasteiger charge is -2.18. The maximum absolute atomic E-state index is 12.6. The predicted octanol–water partition coefficient (Wildman–Crippen LogP) is 3.84. The number of imidazole rings is 1. The van der Waals surface area contributed by atoms with E-state index in [9.17, 15) is 4.79 Å². The number of hydrogen-bond acceptors (Lipinski definition) is 5. The molecule has 0 radical (unpaired) electrons. The largest absolute Gasteiger partial charge is 0.472 e. The summed E-state index contributed by atoms with van der Waals surface area (Å²) in [4.78, 5) is 25.0. The van der Waals surface area contributed by atoms with E-state index in [1.807, 2.05) is 23.1 Å². The summed E-state index contributed by atoms with van der Waals surface area (Å²) in [7, 11) is 0. The van der Waals surface area contributed by atoms with Crippen LogP contribution in [0.1, 0.15) is 22.8 Å². The van der Waals surface area contributed by atoms with E-state index in [1.54, 1.807) is 23.6 Å². The number of hydrogen-bond donors (Lipinski definition) is 0. The molecule has 0 spiro atoms. The van der Waals surface area contributed by atoms with Crippen molar-refractivity contribution >= 4 is 28.4 Å². The van der Waals surface area contributed by atoms with Crippen LogP contribution in [0, 0.1) is 0 Å². The smallest absolute Gasteiger partial charge is 0.257 e. The molecule has 1 unspecified atom stereocenters. The molecular formula is C19H16N4O2S. The molecular weight excluding hydrogens is 348 g/mol. The van der Waals surface area contributed by atoms with Gasteiger partial charge in [0.1, 0.15) is 11.8 Å². The average Bonchev–Trinajstić information content (AvgIpc) is 3.47. The van der Waals surface area contributed by atoms with Crippen molar-refractivity contribution in [3.8, 4) is 10.7 Å². The number of thiophene rings is 1. The van der Waals surface area contributed by atoms with Gasteiger partial charge in [0.05, 0.1) is 22.7 Å². The molecule has 0 aliphatic carbocycles. The zero-order valence-electron chi connectivity index (χ0n) is 13.9. The van der Waals surface area contributed by atoms with E-state index in [0.29, 0.717) is 18.7 Å². The molecule has 130 valence electrons. The van der Waals surface area contributed by atoms with Crippen molar-refractivity contribution < 1.29 is 9.21 Å². The zero-order chi connectivity index (χ0) is 17.5. The maximum atomic E-state index is 12.6. The van der Waals surface area contributed by atoms with Gasteiger partial charge in [0.2, 0.25) is 0 Å². The summed E-state index contributed by atoms with van der Waals surface area (Å²) in [6, 6.07) is 9.86. The van der Waals surface area contributed by atoms with Gasteiger partial charge < -0.3 is 13.9 Å². The number of likely N-dealkylation sites (tertiary alicyclic amines) is 1. The third-order valence-corrected chi connectivity index (χ3v) is 5.64. The second kappa shape index (κ2) is 6.10. The third kappa shape index (κ3) is 2.43. The SMILES string of the molecule is O=C(c1ccoc1)N1CCC(n2c(-c3cccs3)nc3cccnc32)C1. The lowest BCUT2D eigenvalue weighted by Crippen LogP contribution is -2.28. The number of rotatable bonds is 3. The molecule has 5 heterocycles. The molecule has 0 bridgehead atoms. The molecule has 4 aromatic heterocycles. The highest BCUT2D eigenvalue weighted by molar-refractivity contribution is 7.13. The first-order chi connectivity index (χ1) is 12.8. The Balaban J connectivity index is 1.53. The topological polar surface area (TPSA) is 64.2 Å². The van der Waals surface area contributed by atoms with Crippen LogP contribution in [-0.4, -0.2) is 38.4 Å². The summed E-state index contributed by atoms with van der Waals surface area (Å²) in [5.41, 5.74) is 2.35. The van der Waals surface area contributed by atoms with Crippen LogP contribution < -0.4 is 0 Å². The lowest BCUT2D eigenvalue weighted by molar-refractivity contribution is 0.0787. The molecule has 0 aromatic carbocycles. The summed E-state index contributed by atoms with van der Waals surface area (Å²) in [6.07, 6.45) is 5.70. The van der Waals surface area contributed by atoms with Crippen LogP contribution >= 0.6 is 11.3 Å². The molecule has 1 saturated heterocycles. The van der Waals surface area contributed by atoms with Crippen molar-refractivity contribution in [3.63, 3.8) is 0 Å². The molecule has 0 N–H and O–H groups in total. The monoisotopic (exact) mass is 364 g/mol. The van der Waals surface area contributed by atoms with Gasteiger partial charge in [0, 0.05) is 19.3 Å². The van der Waals surface area contributed by atoms with Crippen molar-refractivity contribution in [2.45, 2.75) is 12.5 Å². The van der Waals surface area contributed by atoms with E-state index in [4.69, 9.17) is 9.40 Å². The molecule has 1 atom stereocenters. The number of carbonyl (C=O) groups excluding carboxylic acids is 1. The van der Waals surface area contributed by atoms with Crippen LogP contribution in [0.4, 0.5) is 0 Å². The molecule has 6 nitrogen and oxygen atoms in total. The van der Waals surface area contributed by atoms with Gasteiger partial charge in [-0.05, 0) is 36.1 Å². The number of aromatic nitrogens is 3. The van der Waals surface area contributed by atoms with Crippen LogP contribution in [0.5, 0.6) is 0 Å². The molecule has 0 saturated carbocycles. The molecule has 1 aliphatic heterocycles. The van der Waals surface area contributed by atoms with E-state index in [0.717, 1.165) is 28.3 Å². The Morgan fingerprint density at radius 3 is 3.04 bits per heavy atom. The van der Waals surface area contributed by atoms with E-state index < -0.39 is 0 Å². The Bertz CT molecular complexity index is 1050. The minimum absolute atomic E-state index is 0.0105. The van der Waals surface area contributed by atoms with Crippen LogP contribution in [-0.2, 0) is 0 Å². The minimum atomic E-state index is 0.0105. The van der Waals surface area contributed by atoms with Crippen LogP contribution in [0.2, 0.25) is 0 Å². The van der Waals surface area contributed by atoms with Crippen molar-refractivity contribution in [1.82, 2.24) is 19.4 Å². The summed E-state index contributed by atoms with van der Waals surface area (Å²) in [5, 5.41) is 2.05. The van der Waals surface area contributed by atoms with Gasteiger partial charge in [-0.15, -0.1) is 11.3 Å². The Hall–Kier alpha value is -2.93. The van der Waals surface area contributed by atoms with Gasteiger partial charge in [-0.25, -0.2) is 9.97 Å². The summed E-state index contributed by atoms with van der Waals surface area (Å²) in [6.45, 7) is 1.36. The van der Waals surface area contributed by atoms with Crippen molar-refractivity contribution in [2.24, 2.45) is 0 Å². The average molecular weight is 364 g/mol. The molecule has 26 heavy (non-hydrogen) atoms. The molecule has 4 aromatic rings. The fourth-order valence-electron chi connectivity index (χ4n) is 3.56. The Morgan fingerprint density at radius 2 is 2.23 bits per heavy atom. The highest BCUT2D eigenvalue weighted by Crippen LogP contribution is 2.34. The second-order valence-electron chi connectivity index (χ2n) is 6.33. The third-order valence-electron chi connectivity index (χ3n) is 4.77. The first kappa shape index (κ1) is 15.3. The van der Waals surface area contributed by atoms with E-state index in [2.05, 4.69) is 21.0 Å². The van der Waals surface area contributed by atoms with Crippen LogP contribution in [0.15, 0.2) is 58.9 Å². The minimum Gasteiger partial charge on any atom is -0.472 e. The normalized spacial score (nSPS) is 17.2. The second-order valence-corrected chi connectivity index (χ2v) is 7.28. The van der Waals surface area contributed by atoms with Crippen molar-refractivity contribution in [2.75, 3.05) is 13.1 Å². The van der Waals surface area contributed by atoms with Gasteiger partial charge in [-0.1, -0.05) is 6.07 Å². The standard InChI is InChI=1S/C19H16N4O2S/c24-19(13-6-9-25-12-13)22-8-5-14(11-22)23-17-15(3-1-7-20-17)21-18(23)16-4-2-10-26-16/h1-4,6-7,9-10,12,14H,5,8,11H2. The first-order valence-electron chi connectivity index (χ1n) is 8.49. The number of amides is 1. The van der Waals surface area contributed by atoms with Gasteiger partial charge >= 0.3 is 0 Å². The van der Waals surface area contributed by atoms with E-state index in [-0.39, 0.29) is 11.9 Å². The zero-order valence-corrected chi connectivity index (χ0v) is 14.7. The Labute approximate surface area is 153 Å². The Kier molecular flexibility index (Phi) is 3.60. The fraction of sp³-hybridized carbons (Fsp3) is 0.211. The number of furan rings is 1. The first-order valence-corrected chi connectivity index (χ1v) is 9.37. The lowest BCUT2D eigenvalue weighted by atomic mass is 10.2. The molecule has 1 fully saturated rings. The summed E-state index contributed by atoms with van der Waals surface area (Å²) >= 11 is 1.67. The number of fused-ring (bicyclic) bond motifs is 1. The number of carbonyl (C=O) groups is 1. The van der Waals surface area contributed by atoms with Crippen LogP contribution in [0.3, 0.4) is 0 Å². The summed E-state index contributed by atoms with van der Waals surface area (Å²) in [5.74, 6) is 0.938. The van der Waals surface area contributed by atoms with Gasteiger partial charge in [0.15, 0.2) is 11.5 Å². The maximum Gasteiger partial charge on any atom is 0.257 e. The van der Waals surface area contributed by atoms with Crippen LogP contribution in [0.25, 0.3) is 21.9 Å². The summed E-state index contributed by atoms with van der Waals surface area (Å²) < 4.78 is 7.25. The molecule has 5 rings (SSSR count). The predicted molar refractivity (Wildman–Crippen MR) is 99.1 cm³/mol. The van der Waals surface area contributed by atoms with Gasteiger partial charge in [-0.2, -0.15) is 0 Å². The molecule has 7 heteroatoms. The van der Waals surface area contributed by atoms with Gasteiger partial charge in [-0.3, -0.25) is 4.79 Å². The quantitative estimate of drug-likeness (QED) is 0.554. The highest BCUT2D eigenvalue weighted by Gasteiger charge is 2.31. The van der Waals surface area contributed by atoms with Gasteiger partial charge in [0.25, 0.3) is 5.91 Å². The Morgan fingerprint density at radius 1 is 1.27 bits per heavy atom. The molecule has 1 amide bonds. The van der Waals surface area contributed by atoms with Crippen molar-refractivity contribution in [3.05, 3.63) is 60.0 Å².